The number of aromatic nitrogens is 3. The fourth-order valence-corrected chi connectivity index (χ4v) is 6.21. The number of aryl methyl sites for hydroxylation is 2. The quantitative estimate of drug-likeness (QED) is 0.280. The highest BCUT2D eigenvalue weighted by Gasteiger charge is 2.42. The summed E-state index contributed by atoms with van der Waals surface area (Å²) in [5, 5.41) is 15.4. The number of carbonyl (C=O) groups excluding carboxylic acids is 1. The Labute approximate surface area is 218 Å². The molecular formula is C26H26ClN5OS2. The molecule has 180 valence electrons. The molecule has 2 aromatic carbocycles. The van der Waals surface area contributed by atoms with Crippen molar-refractivity contribution in [3.05, 3.63) is 87.3 Å². The lowest BCUT2D eigenvalue weighted by Gasteiger charge is -2.36. The van der Waals surface area contributed by atoms with Crippen LogP contribution in [0.2, 0.25) is 5.02 Å². The van der Waals surface area contributed by atoms with Gasteiger partial charge in [0.1, 0.15) is 0 Å². The zero-order chi connectivity index (χ0) is 24.5. The van der Waals surface area contributed by atoms with Crippen molar-refractivity contribution in [2.24, 2.45) is 5.92 Å². The molecule has 0 saturated heterocycles. The van der Waals surface area contributed by atoms with Crippen molar-refractivity contribution in [1.29, 1.82) is 0 Å². The highest BCUT2D eigenvalue weighted by molar-refractivity contribution is 7.98. The van der Waals surface area contributed by atoms with Gasteiger partial charge in [0, 0.05) is 16.8 Å². The van der Waals surface area contributed by atoms with Crippen LogP contribution in [-0.4, -0.2) is 26.7 Å². The number of nitrogens with one attached hydrogen (secondary N) is 2. The molecule has 3 heterocycles. The number of thiophene rings is 1. The molecule has 0 spiro atoms. The van der Waals surface area contributed by atoms with Crippen LogP contribution in [0.5, 0.6) is 0 Å². The molecule has 0 saturated carbocycles. The van der Waals surface area contributed by atoms with Gasteiger partial charge in [0.05, 0.1) is 17.0 Å². The van der Waals surface area contributed by atoms with Gasteiger partial charge in [-0.15, -0.1) is 16.4 Å². The van der Waals surface area contributed by atoms with Crippen LogP contribution in [0.25, 0.3) is 0 Å². The van der Waals surface area contributed by atoms with Crippen LogP contribution in [-0.2, 0) is 10.5 Å². The van der Waals surface area contributed by atoms with Crippen LogP contribution in [0.4, 0.5) is 10.9 Å². The first-order valence-electron chi connectivity index (χ1n) is 11.4. The summed E-state index contributed by atoms with van der Waals surface area (Å²) >= 11 is 9.45. The minimum atomic E-state index is -0.415. The van der Waals surface area contributed by atoms with Gasteiger partial charge >= 0.3 is 0 Å². The molecule has 3 atom stereocenters. The summed E-state index contributed by atoms with van der Waals surface area (Å²) in [7, 11) is 0. The summed E-state index contributed by atoms with van der Waals surface area (Å²) in [6.45, 7) is 6.24. The molecule has 1 aliphatic rings. The number of carbonyl (C=O) groups is 1. The fraction of sp³-hybridized carbons (Fsp3) is 0.269. The van der Waals surface area contributed by atoms with E-state index in [2.05, 4.69) is 42.7 Å². The summed E-state index contributed by atoms with van der Waals surface area (Å²) in [6, 6.07) is 17.4. The van der Waals surface area contributed by atoms with Gasteiger partial charge < -0.3 is 10.6 Å². The molecule has 2 N–H and O–H groups in total. The average molecular weight is 524 g/mol. The highest BCUT2D eigenvalue weighted by atomic mass is 35.5. The Morgan fingerprint density at radius 1 is 1.20 bits per heavy atom. The molecule has 5 rings (SSSR count). The molecule has 0 aliphatic carbocycles. The summed E-state index contributed by atoms with van der Waals surface area (Å²) in [6.07, 6.45) is 0. The zero-order valence-electron chi connectivity index (χ0n) is 19.7. The van der Waals surface area contributed by atoms with Gasteiger partial charge in [-0.05, 0) is 67.1 Å². The molecule has 4 aromatic rings. The van der Waals surface area contributed by atoms with Crippen LogP contribution in [0.15, 0.2) is 65.1 Å². The summed E-state index contributed by atoms with van der Waals surface area (Å²) in [4.78, 5) is 18.3. The Morgan fingerprint density at radius 2 is 2.06 bits per heavy atom. The molecule has 9 heteroatoms. The molecule has 0 bridgehead atoms. The van der Waals surface area contributed by atoms with Crippen molar-refractivity contribution in [2.45, 2.75) is 43.8 Å². The molecule has 2 aromatic heterocycles. The second-order valence-corrected chi connectivity index (χ2v) is 11.1. The zero-order valence-corrected chi connectivity index (χ0v) is 22.0. The predicted molar refractivity (Wildman–Crippen MR) is 145 cm³/mol. The second-order valence-electron chi connectivity index (χ2n) is 8.81. The number of hydrogen-bond donors (Lipinski definition) is 2. The maximum absolute atomic E-state index is 13.5. The normalized spacial score (nSPS) is 19.1. The van der Waals surface area contributed by atoms with Gasteiger partial charge in [0.2, 0.25) is 17.0 Å². The van der Waals surface area contributed by atoms with Crippen molar-refractivity contribution >= 4 is 51.6 Å². The molecule has 0 unspecified atom stereocenters. The van der Waals surface area contributed by atoms with Crippen molar-refractivity contribution in [3.63, 3.8) is 0 Å². The van der Waals surface area contributed by atoms with Crippen LogP contribution in [0.3, 0.4) is 0 Å². The van der Waals surface area contributed by atoms with E-state index in [1.807, 2.05) is 53.4 Å². The van der Waals surface area contributed by atoms with E-state index < -0.39 is 5.92 Å². The smallest absolute Gasteiger partial charge is 0.232 e. The first-order chi connectivity index (χ1) is 16.9. The Morgan fingerprint density at radius 3 is 2.80 bits per heavy atom. The van der Waals surface area contributed by atoms with E-state index in [4.69, 9.17) is 21.7 Å². The molecule has 1 amide bonds. The maximum Gasteiger partial charge on any atom is 0.232 e. The Hall–Kier alpha value is -2.81. The van der Waals surface area contributed by atoms with Crippen molar-refractivity contribution < 1.29 is 4.79 Å². The minimum absolute atomic E-state index is 0.0666. The lowest BCUT2D eigenvalue weighted by molar-refractivity contribution is -0.121. The van der Waals surface area contributed by atoms with E-state index in [0.29, 0.717) is 16.1 Å². The number of thioether (sulfide) groups is 1. The minimum Gasteiger partial charge on any atom is -0.351 e. The molecule has 1 aliphatic heterocycles. The van der Waals surface area contributed by atoms with Crippen LogP contribution in [0, 0.1) is 19.8 Å². The largest absolute Gasteiger partial charge is 0.351 e. The summed E-state index contributed by atoms with van der Waals surface area (Å²) < 4.78 is 1.84. The molecule has 35 heavy (non-hydrogen) atoms. The van der Waals surface area contributed by atoms with Gasteiger partial charge in [-0.3, -0.25) is 4.79 Å². The fourth-order valence-electron chi connectivity index (χ4n) is 4.49. The molecule has 0 radical (unpaired) electrons. The molecule has 6 nitrogen and oxygen atoms in total. The number of hydrogen-bond acceptors (Lipinski definition) is 6. The van der Waals surface area contributed by atoms with Crippen molar-refractivity contribution in [3.8, 4) is 0 Å². The van der Waals surface area contributed by atoms with Crippen LogP contribution >= 0.6 is 34.7 Å². The Balaban J connectivity index is 1.47. The average Bonchev–Trinajstić information content (AvgIpc) is 3.47. The van der Waals surface area contributed by atoms with Crippen molar-refractivity contribution in [2.75, 3.05) is 10.6 Å². The van der Waals surface area contributed by atoms with E-state index in [1.54, 1.807) is 11.8 Å². The number of halogens is 1. The summed E-state index contributed by atoms with van der Waals surface area (Å²) in [5.74, 6) is 0.950. The lowest BCUT2D eigenvalue weighted by atomic mass is 9.85. The SMILES string of the molecule is Cc1ccc(CSc2nc3n(n2)[C@@H](c2cccc(Cl)c2)[C@H](C(=O)Nc2cccs2)[C@@H](C)N3)c(C)c1. The third-order valence-corrected chi connectivity index (χ3v) is 8.13. The Kier molecular flexibility index (Phi) is 6.86. The van der Waals surface area contributed by atoms with E-state index >= 15 is 0 Å². The van der Waals surface area contributed by atoms with E-state index in [9.17, 15) is 4.79 Å². The van der Waals surface area contributed by atoms with Gasteiger partial charge in [0.25, 0.3) is 0 Å². The lowest BCUT2D eigenvalue weighted by Crippen LogP contribution is -2.46. The molecule has 0 fully saturated rings. The van der Waals surface area contributed by atoms with Crippen LogP contribution < -0.4 is 10.6 Å². The van der Waals surface area contributed by atoms with Gasteiger partial charge in [0.15, 0.2) is 0 Å². The number of amides is 1. The number of anilines is 2. The van der Waals surface area contributed by atoms with E-state index in [-0.39, 0.29) is 18.0 Å². The van der Waals surface area contributed by atoms with E-state index in [0.717, 1.165) is 16.3 Å². The molecular weight excluding hydrogens is 498 g/mol. The van der Waals surface area contributed by atoms with Gasteiger partial charge in [-0.2, -0.15) is 4.98 Å². The van der Waals surface area contributed by atoms with Gasteiger partial charge in [-0.25, -0.2) is 4.68 Å². The summed E-state index contributed by atoms with van der Waals surface area (Å²) in [5.41, 5.74) is 4.69. The number of nitrogens with zero attached hydrogens (tertiary/aromatic N) is 3. The predicted octanol–water partition coefficient (Wildman–Crippen LogP) is 6.56. The highest BCUT2D eigenvalue weighted by Crippen LogP contribution is 2.39. The standard InChI is InChI=1S/C26H26ClN5OS2/c1-15-9-10-19(16(2)12-15)14-35-26-30-25-28-17(3)22(24(33)29-21-8-5-11-34-21)23(32(25)31-26)18-6-4-7-20(27)13-18/h4-13,17,22-23H,14H2,1-3H3,(H,29,33)(H,28,30,31)/t17-,22-,23+/m1/s1. The monoisotopic (exact) mass is 523 g/mol. The first-order valence-corrected chi connectivity index (χ1v) is 13.6. The number of rotatable bonds is 6. The number of fused-ring (bicyclic) bond motifs is 1. The Bertz CT molecular complexity index is 1350. The number of benzene rings is 2. The topological polar surface area (TPSA) is 71.8 Å². The van der Waals surface area contributed by atoms with E-state index in [1.165, 1.54) is 28.0 Å². The van der Waals surface area contributed by atoms with Crippen LogP contribution in [0.1, 0.15) is 35.2 Å². The third kappa shape index (κ3) is 5.10. The second kappa shape index (κ2) is 10.0. The maximum atomic E-state index is 13.5. The van der Waals surface area contributed by atoms with Crippen molar-refractivity contribution in [1.82, 2.24) is 14.8 Å². The first kappa shape index (κ1) is 23.9. The van der Waals surface area contributed by atoms with Gasteiger partial charge in [-0.1, -0.05) is 59.3 Å². The third-order valence-electron chi connectivity index (χ3n) is 6.23.